The SMILES string of the molecule is C#C[C@H](CCCCC)OC(=O)Cc1ccc(OC)cc1. The monoisotopic (exact) mass is 274 g/mol. The molecule has 0 aliphatic heterocycles. The van der Waals surface area contributed by atoms with E-state index < -0.39 is 6.10 Å². The molecular weight excluding hydrogens is 252 g/mol. The molecule has 0 amide bonds. The minimum atomic E-state index is -0.410. The van der Waals surface area contributed by atoms with Crippen LogP contribution in [-0.4, -0.2) is 19.2 Å². The smallest absolute Gasteiger partial charge is 0.311 e. The summed E-state index contributed by atoms with van der Waals surface area (Å²) in [5, 5.41) is 0. The minimum absolute atomic E-state index is 0.232. The van der Waals surface area contributed by atoms with Crippen LogP contribution in [0.1, 0.15) is 38.2 Å². The van der Waals surface area contributed by atoms with Crippen molar-refractivity contribution in [3.05, 3.63) is 29.8 Å². The molecule has 20 heavy (non-hydrogen) atoms. The fourth-order valence-electron chi connectivity index (χ4n) is 1.87. The molecular formula is C17H22O3. The number of carbonyl (C=O) groups is 1. The molecule has 0 saturated heterocycles. The lowest BCUT2D eigenvalue weighted by atomic mass is 10.1. The second-order valence-electron chi connectivity index (χ2n) is 4.67. The third-order valence-electron chi connectivity index (χ3n) is 3.04. The maximum atomic E-state index is 11.8. The summed E-state index contributed by atoms with van der Waals surface area (Å²) >= 11 is 0. The molecule has 0 aromatic heterocycles. The summed E-state index contributed by atoms with van der Waals surface area (Å²) in [6.45, 7) is 2.13. The van der Waals surface area contributed by atoms with Gasteiger partial charge in [0.05, 0.1) is 13.5 Å². The van der Waals surface area contributed by atoms with Gasteiger partial charge >= 0.3 is 5.97 Å². The van der Waals surface area contributed by atoms with Gasteiger partial charge in [-0.3, -0.25) is 4.79 Å². The zero-order valence-electron chi connectivity index (χ0n) is 12.2. The molecule has 0 heterocycles. The van der Waals surface area contributed by atoms with E-state index in [1.165, 1.54) is 0 Å². The van der Waals surface area contributed by atoms with Crippen LogP contribution >= 0.6 is 0 Å². The molecule has 1 aromatic rings. The topological polar surface area (TPSA) is 35.5 Å². The summed E-state index contributed by atoms with van der Waals surface area (Å²) < 4.78 is 10.4. The van der Waals surface area contributed by atoms with Crippen molar-refractivity contribution in [2.24, 2.45) is 0 Å². The van der Waals surface area contributed by atoms with Crippen molar-refractivity contribution in [1.29, 1.82) is 0 Å². The quantitative estimate of drug-likeness (QED) is 0.414. The van der Waals surface area contributed by atoms with Crippen LogP contribution in [0, 0.1) is 12.3 Å². The summed E-state index contributed by atoms with van der Waals surface area (Å²) in [6, 6.07) is 7.34. The molecule has 1 atom stereocenters. The minimum Gasteiger partial charge on any atom is -0.497 e. The van der Waals surface area contributed by atoms with Crippen molar-refractivity contribution in [2.45, 2.75) is 45.1 Å². The van der Waals surface area contributed by atoms with E-state index in [0.29, 0.717) is 0 Å². The number of hydrogen-bond acceptors (Lipinski definition) is 3. The highest BCUT2D eigenvalue weighted by Crippen LogP contribution is 2.13. The van der Waals surface area contributed by atoms with Gasteiger partial charge in [-0.1, -0.05) is 37.8 Å². The number of hydrogen-bond donors (Lipinski definition) is 0. The molecule has 0 spiro atoms. The van der Waals surface area contributed by atoms with Crippen molar-refractivity contribution in [3.8, 4) is 18.1 Å². The molecule has 1 aromatic carbocycles. The van der Waals surface area contributed by atoms with Gasteiger partial charge in [-0.2, -0.15) is 0 Å². The van der Waals surface area contributed by atoms with Gasteiger partial charge in [0.1, 0.15) is 5.75 Å². The molecule has 1 rings (SSSR count). The second-order valence-corrected chi connectivity index (χ2v) is 4.67. The second kappa shape index (κ2) is 9.03. The molecule has 0 aliphatic rings. The summed E-state index contributed by atoms with van der Waals surface area (Å²) in [7, 11) is 1.61. The Kier molecular flexibility index (Phi) is 7.27. The zero-order valence-corrected chi connectivity index (χ0v) is 12.2. The third-order valence-corrected chi connectivity index (χ3v) is 3.04. The number of terminal acetylenes is 1. The van der Waals surface area contributed by atoms with E-state index in [9.17, 15) is 4.79 Å². The Hall–Kier alpha value is -1.95. The van der Waals surface area contributed by atoms with Crippen LogP contribution in [0.15, 0.2) is 24.3 Å². The van der Waals surface area contributed by atoms with Gasteiger partial charge in [0.25, 0.3) is 0 Å². The van der Waals surface area contributed by atoms with E-state index in [2.05, 4.69) is 12.8 Å². The number of benzene rings is 1. The molecule has 0 aliphatic carbocycles. The van der Waals surface area contributed by atoms with E-state index in [4.69, 9.17) is 15.9 Å². The number of carbonyl (C=O) groups excluding carboxylic acids is 1. The van der Waals surface area contributed by atoms with Crippen LogP contribution in [0.3, 0.4) is 0 Å². The van der Waals surface area contributed by atoms with Gasteiger partial charge in [-0.05, 0) is 30.5 Å². The first-order chi connectivity index (χ1) is 9.69. The highest BCUT2D eigenvalue weighted by Gasteiger charge is 2.12. The highest BCUT2D eigenvalue weighted by atomic mass is 16.5. The van der Waals surface area contributed by atoms with Gasteiger partial charge < -0.3 is 9.47 Å². The molecule has 0 saturated carbocycles. The largest absolute Gasteiger partial charge is 0.497 e. The first-order valence-electron chi connectivity index (χ1n) is 6.98. The Labute approximate surface area is 121 Å². The van der Waals surface area contributed by atoms with Gasteiger partial charge in [0, 0.05) is 0 Å². The highest BCUT2D eigenvalue weighted by molar-refractivity contribution is 5.73. The van der Waals surface area contributed by atoms with Crippen molar-refractivity contribution in [3.63, 3.8) is 0 Å². The van der Waals surface area contributed by atoms with Crippen LogP contribution in [0.5, 0.6) is 5.75 Å². The standard InChI is InChI=1S/C17H22O3/c1-4-6-7-8-15(5-2)20-17(18)13-14-9-11-16(19-3)12-10-14/h2,9-12,15H,4,6-8,13H2,1,3H3/t15-/m1/s1. The zero-order chi connectivity index (χ0) is 14.8. The Morgan fingerprint density at radius 1 is 1.30 bits per heavy atom. The predicted molar refractivity (Wildman–Crippen MR) is 79.6 cm³/mol. The summed E-state index contributed by atoms with van der Waals surface area (Å²) in [4.78, 5) is 11.8. The molecule has 3 heteroatoms. The van der Waals surface area contributed by atoms with Crippen LogP contribution in [-0.2, 0) is 16.0 Å². The average Bonchev–Trinajstić information content (AvgIpc) is 2.47. The molecule has 0 fully saturated rings. The van der Waals surface area contributed by atoms with Gasteiger partial charge in [0.15, 0.2) is 6.10 Å². The van der Waals surface area contributed by atoms with E-state index in [0.717, 1.165) is 37.0 Å². The number of esters is 1. The maximum absolute atomic E-state index is 11.8. The van der Waals surface area contributed by atoms with Gasteiger partial charge in [0.2, 0.25) is 0 Å². The number of methoxy groups -OCH3 is 1. The predicted octanol–water partition coefficient (Wildman–Crippen LogP) is 3.36. The lowest BCUT2D eigenvalue weighted by Gasteiger charge is -2.12. The lowest BCUT2D eigenvalue weighted by molar-refractivity contribution is -0.145. The first-order valence-corrected chi connectivity index (χ1v) is 6.98. The normalized spacial score (nSPS) is 11.4. The van der Waals surface area contributed by atoms with Crippen molar-refractivity contribution >= 4 is 5.97 Å². The number of unbranched alkanes of at least 4 members (excludes halogenated alkanes) is 2. The maximum Gasteiger partial charge on any atom is 0.311 e. The van der Waals surface area contributed by atoms with E-state index >= 15 is 0 Å². The summed E-state index contributed by atoms with van der Waals surface area (Å²) in [6.07, 6.45) is 9.16. The molecule has 0 bridgehead atoms. The van der Waals surface area contributed by atoms with E-state index in [1.807, 2.05) is 24.3 Å². The number of ether oxygens (including phenoxy) is 2. The fourth-order valence-corrected chi connectivity index (χ4v) is 1.87. The third kappa shape index (κ3) is 5.79. The van der Waals surface area contributed by atoms with Crippen LogP contribution < -0.4 is 4.74 Å². The van der Waals surface area contributed by atoms with Crippen molar-refractivity contribution in [2.75, 3.05) is 7.11 Å². The molecule has 0 N–H and O–H groups in total. The van der Waals surface area contributed by atoms with Crippen molar-refractivity contribution < 1.29 is 14.3 Å². The first kappa shape index (κ1) is 16.1. The molecule has 3 nitrogen and oxygen atoms in total. The van der Waals surface area contributed by atoms with Gasteiger partial charge in [-0.15, -0.1) is 6.42 Å². The number of rotatable bonds is 8. The van der Waals surface area contributed by atoms with Crippen molar-refractivity contribution in [1.82, 2.24) is 0 Å². The Balaban J connectivity index is 2.42. The molecule has 108 valence electrons. The lowest BCUT2D eigenvalue weighted by Crippen LogP contribution is -2.18. The Morgan fingerprint density at radius 3 is 2.55 bits per heavy atom. The summed E-state index contributed by atoms with van der Waals surface area (Å²) in [5.41, 5.74) is 0.889. The van der Waals surface area contributed by atoms with Crippen LogP contribution in [0.25, 0.3) is 0 Å². The molecule has 0 radical (unpaired) electrons. The van der Waals surface area contributed by atoms with Crippen LogP contribution in [0.2, 0.25) is 0 Å². The van der Waals surface area contributed by atoms with Crippen LogP contribution in [0.4, 0.5) is 0 Å². The average molecular weight is 274 g/mol. The molecule has 0 unspecified atom stereocenters. The summed E-state index contributed by atoms with van der Waals surface area (Å²) in [5.74, 6) is 3.02. The Bertz CT molecular complexity index is 442. The van der Waals surface area contributed by atoms with Gasteiger partial charge in [-0.25, -0.2) is 0 Å². The van der Waals surface area contributed by atoms with E-state index in [-0.39, 0.29) is 12.4 Å². The van der Waals surface area contributed by atoms with E-state index in [1.54, 1.807) is 7.11 Å². The Morgan fingerprint density at radius 2 is 2.00 bits per heavy atom. The fraction of sp³-hybridized carbons (Fsp3) is 0.471.